The maximum Gasteiger partial charge on any atom is 0.317 e. The number of hydrogen-bond acceptors (Lipinski definition) is 4. The first-order chi connectivity index (χ1) is 13.0. The average Bonchev–Trinajstić information content (AvgIpc) is 3.36. The third-order valence-corrected chi connectivity index (χ3v) is 6.09. The molecular weight excluding hydrogens is 356 g/mol. The first-order valence-corrected chi connectivity index (χ1v) is 10.5. The van der Waals surface area contributed by atoms with Crippen LogP contribution in [0.2, 0.25) is 0 Å². The number of carbonyl (C=O) groups excluding carboxylic acids is 1. The number of hydrogen-bond donors (Lipinski definition) is 1. The van der Waals surface area contributed by atoms with E-state index in [-0.39, 0.29) is 12.1 Å². The Morgan fingerprint density at radius 3 is 2.44 bits per heavy atom. The maximum absolute atomic E-state index is 12.6. The number of rotatable bonds is 7. The van der Waals surface area contributed by atoms with Gasteiger partial charge in [-0.15, -0.1) is 11.3 Å². The molecule has 2 aromatic rings. The zero-order valence-electron chi connectivity index (χ0n) is 16.5. The van der Waals surface area contributed by atoms with Crippen molar-refractivity contribution in [2.75, 3.05) is 45.7 Å². The fourth-order valence-corrected chi connectivity index (χ4v) is 4.37. The molecule has 146 valence electrons. The molecule has 5 nitrogen and oxygen atoms in total. The number of nitrogens with zero attached hydrogens (tertiary/aromatic N) is 3. The molecule has 1 aromatic carbocycles. The zero-order chi connectivity index (χ0) is 19.2. The molecule has 0 saturated carbocycles. The fourth-order valence-electron chi connectivity index (χ4n) is 3.51. The van der Waals surface area contributed by atoms with Crippen LogP contribution < -0.4 is 10.2 Å². The van der Waals surface area contributed by atoms with Crippen LogP contribution in [0.25, 0.3) is 0 Å². The molecule has 1 saturated heterocycles. The highest BCUT2D eigenvalue weighted by molar-refractivity contribution is 7.10. The third-order valence-electron chi connectivity index (χ3n) is 5.12. The molecular formula is C21H30N4OS. The number of carbonyl (C=O) groups is 1. The van der Waals surface area contributed by atoms with E-state index < -0.39 is 0 Å². The van der Waals surface area contributed by atoms with Gasteiger partial charge >= 0.3 is 6.03 Å². The number of nitrogens with one attached hydrogen (secondary N) is 1. The summed E-state index contributed by atoms with van der Waals surface area (Å²) in [5.74, 6) is 0. The molecule has 1 aliphatic rings. The van der Waals surface area contributed by atoms with E-state index in [2.05, 4.69) is 56.9 Å². The van der Waals surface area contributed by atoms with E-state index in [1.54, 1.807) is 16.2 Å². The van der Waals surface area contributed by atoms with E-state index in [1.807, 2.05) is 21.1 Å². The quantitative estimate of drug-likeness (QED) is 0.787. The molecule has 1 aromatic heterocycles. The predicted molar refractivity (Wildman–Crippen MR) is 114 cm³/mol. The molecule has 0 aliphatic carbocycles. The van der Waals surface area contributed by atoms with Crippen LogP contribution in [0, 0.1) is 0 Å². The summed E-state index contributed by atoms with van der Waals surface area (Å²) < 4.78 is 0. The van der Waals surface area contributed by atoms with E-state index >= 15 is 0 Å². The number of amides is 2. The van der Waals surface area contributed by atoms with Crippen LogP contribution in [0.4, 0.5) is 10.5 Å². The predicted octanol–water partition coefficient (Wildman–Crippen LogP) is 3.79. The van der Waals surface area contributed by atoms with Crippen molar-refractivity contribution in [1.29, 1.82) is 0 Å². The van der Waals surface area contributed by atoms with Crippen molar-refractivity contribution in [2.24, 2.45) is 0 Å². The number of thiophene rings is 1. The van der Waals surface area contributed by atoms with Crippen molar-refractivity contribution in [3.8, 4) is 0 Å². The van der Waals surface area contributed by atoms with E-state index in [0.29, 0.717) is 13.1 Å². The van der Waals surface area contributed by atoms with Crippen LogP contribution >= 0.6 is 11.3 Å². The largest absolute Gasteiger partial charge is 0.378 e. The normalized spacial score (nSPS) is 15.5. The van der Waals surface area contributed by atoms with Crippen LogP contribution in [0.5, 0.6) is 0 Å². The topological polar surface area (TPSA) is 38.8 Å². The van der Waals surface area contributed by atoms with Gasteiger partial charge in [0.05, 0.1) is 6.04 Å². The maximum atomic E-state index is 12.6. The van der Waals surface area contributed by atoms with Gasteiger partial charge in [-0.1, -0.05) is 18.2 Å². The lowest BCUT2D eigenvalue weighted by atomic mass is 10.2. The smallest absolute Gasteiger partial charge is 0.317 e. The summed E-state index contributed by atoms with van der Waals surface area (Å²) in [7, 11) is 5.91. The Balaban J connectivity index is 1.55. The molecule has 0 spiro atoms. The molecule has 0 radical (unpaired) electrons. The zero-order valence-corrected chi connectivity index (χ0v) is 17.3. The minimum atomic E-state index is -0.0209. The second-order valence-electron chi connectivity index (χ2n) is 7.38. The molecule has 0 bridgehead atoms. The Hall–Kier alpha value is -2.05. The van der Waals surface area contributed by atoms with Gasteiger partial charge in [0.2, 0.25) is 0 Å². The van der Waals surface area contributed by atoms with Crippen LogP contribution in [0.15, 0.2) is 41.8 Å². The molecule has 3 rings (SSSR count). The molecule has 1 aliphatic heterocycles. The van der Waals surface area contributed by atoms with Gasteiger partial charge < -0.3 is 15.1 Å². The second-order valence-corrected chi connectivity index (χ2v) is 8.36. The van der Waals surface area contributed by atoms with Crippen molar-refractivity contribution in [1.82, 2.24) is 15.1 Å². The van der Waals surface area contributed by atoms with Crippen molar-refractivity contribution in [2.45, 2.75) is 25.4 Å². The van der Waals surface area contributed by atoms with Gasteiger partial charge in [-0.25, -0.2) is 4.79 Å². The summed E-state index contributed by atoms with van der Waals surface area (Å²) in [5.41, 5.74) is 2.29. The number of likely N-dealkylation sites (tertiary alicyclic amines) is 1. The summed E-state index contributed by atoms with van der Waals surface area (Å²) in [6, 6.07) is 12.9. The van der Waals surface area contributed by atoms with E-state index in [0.717, 1.165) is 24.3 Å². The first kappa shape index (κ1) is 19.7. The molecule has 6 heteroatoms. The number of anilines is 1. The van der Waals surface area contributed by atoms with Crippen LogP contribution in [-0.2, 0) is 6.54 Å². The van der Waals surface area contributed by atoms with Gasteiger partial charge in [0.15, 0.2) is 0 Å². The van der Waals surface area contributed by atoms with Crippen LogP contribution in [0.1, 0.15) is 29.3 Å². The summed E-state index contributed by atoms with van der Waals surface area (Å²) in [6.07, 6.45) is 2.50. The average molecular weight is 387 g/mol. The van der Waals surface area contributed by atoms with Gasteiger partial charge in [0.25, 0.3) is 0 Å². The molecule has 2 amide bonds. The minimum Gasteiger partial charge on any atom is -0.378 e. The van der Waals surface area contributed by atoms with Crippen molar-refractivity contribution in [3.63, 3.8) is 0 Å². The second kappa shape index (κ2) is 9.24. The Labute approximate surface area is 166 Å². The van der Waals surface area contributed by atoms with Crippen molar-refractivity contribution >= 4 is 23.1 Å². The highest BCUT2D eigenvalue weighted by Crippen LogP contribution is 2.27. The summed E-state index contributed by atoms with van der Waals surface area (Å²) in [6.45, 7) is 3.50. The van der Waals surface area contributed by atoms with Gasteiger partial charge in [-0.05, 0) is 55.1 Å². The van der Waals surface area contributed by atoms with Gasteiger partial charge in [-0.2, -0.15) is 0 Å². The van der Waals surface area contributed by atoms with Crippen LogP contribution in [0.3, 0.4) is 0 Å². The molecule has 1 unspecified atom stereocenters. The van der Waals surface area contributed by atoms with Gasteiger partial charge in [0.1, 0.15) is 0 Å². The molecule has 27 heavy (non-hydrogen) atoms. The number of benzene rings is 1. The summed E-state index contributed by atoms with van der Waals surface area (Å²) in [4.78, 5) is 20.3. The van der Waals surface area contributed by atoms with E-state index in [1.165, 1.54) is 17.7 Å². The Morgan fingerprint density at radius 1 is 1.15 bits per heavy atom. The lowest BCUT2D eigenvalue weighted by molar-refractivity contribution is 0.196. The van der Waals surface area contributed by atoms with Crippen molar-refractivity contribution < 1.29 is 4.79 Å². The third kappa shape index (κ3) is 5.23. The van der Waals surface area contributed by atoms with E-state index in [4.69, 9.17) is 0 Å². The van der Waals surface area contributed by atoms with E-state index in [9.17, 15) is 4.79 Å². The van der Waals surface area contributed by atoms with Crippen molar-refractivity contribution in [3.05, 3.63) is 52.2 Å². The van der Waals surface area contributed by atoms with Gasteiger partial charge in [-0.3, -0.25) is 4.90 Å². The molecule has 2 heterocycles. The summed E-state index contributed by atoms with van der Waals surface area (Å²) in [5, 5.41) is 5.26. The van der Waals surface area contributed by atoms with Crippen LogP contribution in [-0.4, -0.2) is 56.6 Å². The lowest BCUT2D eigenvalue weighted by Crippen LogP contribution is -2.42. The molecule has 1 fully saturated rings. The SMILES string of the molecule is CN(Cc1ccc(N(C)C)cc1)C(=O)NCC(c1cccs1)N1CCCC1. The molecule has 1 N–H and O–H groups in total. The highest BCUT2D eigenvalue weighted by Gasteiger charge is 2.25. The number of urea groups is 1. The fraction of sp³-hybridized carbons (Fsp3) is 0.476. The Kier molecular flexibility index (Phi) is 6.74. The first-order valence-electron chi connectivity index (χ1n) is 9.57. The highest BCUT2D eigenvalue weighted by atomic mass is 32.1. The summed E-state index contributed by atoms with van der Waals surface area (Å²) >= 11 is 1.77. The Bertz CT molecular complexity index is 708. The monoisotopic (exact) mass is 386 g/mol. The van der Waals surface area contributed by atoms with Gasteiger partial charge in [0, 0.05) is 44.8 Å². The Morgan fingerprint density at radius 2 is 1.85 bits per heavy atom. The lowest BCUT2D eigenvalue weighted by Gasteiger charge is -2.28. The standard InChI is InChI=1S/C21H30N4OS/c1-23(2)18-10-8-17(9-11-18)16-24(3)21(26)22-15-19(20-7-6-14-27-20)25-12-4-5-13-25/h6-11,14,19H,4-5,12-13,15-16H2,1-3H3,(H,22,26). The molecule has 1 atom stereocenters. The minimum absolute atomic E-state index is 0.0209.